The lowest BCUT2D eigenvalue weighted by Crippen LogP contribution is -2.43. The summed E-state index contributed by atoms with van der Waals surface area (Å²) in [7, 11) is 0. The van der Waals surface area contributed by atoms with Crippen LogP contribution in [0, 0.1) is 5.92 Å². The third-order valence-corrected chi connectivity index (χ3v) is 2.78. The summed E-state index contributed by atoms with van der Waals surface area (Å²) in [5, 5.41) is 11.8. The first kappa shape index (κ1) is 10.5. The van der Waals surface area contributed by atoms with E-state index in [1.54, 1.807) is 0 Å². The average Bonchev–Trinajstić information content (AvgIpc) is 2.15. The first-order chi connectivity index (χ1) is 6.24. The molecule has 13 heavy (non-hydrogen) atoms. The van der Waals surface area contributed by atoms with Crippen LogP contribution in [0.3, 0.4) is 0 Å². The molecule has 0 unspecified atom stereocenters. The molecular weight excluding hydrogens is 166 g/mol. The predicted octanol–water partition coefficient (Wildman–Crippen LogP) is 1.63. The maximum absolute atomic E-state index is 10.6. The molecule has 1 fully saturated rings. The smallest absolute Gasteiger partial charge is 0.320 e. The maximum Gasteiger partial charge on any atom is 0.320 e. The van der Waals surface area contributed by atoms with E-state index < -0.39 is 5.97 Å². The summed E-state index contributed by atoms with van der Waals surface area (Å²) in [6, 6.07) is -0.294. The molecule has 0 aromatic heterocycles. The monoisotopic (exact) mass is 185 g/mol. The Morgan fingerprint density at radius 1 is 1.54 bits per heavy atom. The Morgan fingerprint density at radius 2 is 2.31 bits per heavy atom. The second-order valence-corrected chi connectivity index (χ2v) is 3.88. The second-order valence-electron chi connectivity index (χ2n) is 3.88. The van der Waals surface area contributed by atoms with Crippen LogP contribution in [0.4, 0.5) is 0 Å². The molecule has 3 heteroatoms. The highest BCUT2D eigenvalue weighted by Gasteiger charge is 2.24. The van der Waals surface area contributed by atoms with E-state index in [2.05, 4.69) is 12.2 Å². The highest BCUT2D eigenvalue weighted by molar-refractivity contribution is 5.73. The minimum atomic E-state index is -0.700. The van der Waals surface area contributed by atoms with E-state index in [9.17, 15) is 4.79 Å². The van der Waals surface area contributed by atoms with Crippen molar-refractivity contribution in [2.24, 2.45) is 5.92 Å². The van der Waals surface area contributed by atoms with Crippen LogP contribution >= 0.6 is 0 Å². The molecule has 0 aliphatic carbocycles. The van der Waals surface area contributed by atoms with Gasteiger partial charge in [-0.3, -0.25) is 4.79 Å². The van der Waals surface area contributed by atoms with Crippen molar-refractivity contribution >= 4 is 5.97 Å². The number of hydrogen-bond acceptors (Lipinski definition) is 2. The first-order valence-corrected chi connectivity index (χ1v) is 5.20. The molecule has 0 saturated carbocycles. The van der Waals surface area contributed by atoms with Crippen LogP contribution in [0.2, 0.25) is 0 Å². The van der Waals surface area contributed by atoms with Crippen LogP contribution < -0.4 is 5.32 Å². The molecule has 0 bridgehead atoms. The lowest BCUT2D eigenvalue weighted by atomic mass is 9.91. The van der Waals surface area contributed by atoms with Gasteiger partial charge in [0.05, 0.1) is 0 Å². The van der Waals surface area contributed by atoms with E-state index in [1.807, 2.05) is 0 Å². The van der Waals surface area contributed by atoms with Crippen LogP contribution in [-0.4, -0.2) is 23.7 Å². The first-order valence-electron chi connectivity index (χ1n) is 5.20. The Labute approximate surface area is 79.5 Å². The van der Waals surface area contributed by atoms with E-state index in [0.29, 0.717) is 5.92 Å². The standard InChI is InChI=1S/C10H19NO2/c1-2-3-4-8-5-6-9(10(12)13)11-7-8/h8-9,11H,2-7H2,1H3,(H,12,13)/t8-,9+/m0/s1. The summed E-state index contributed by atoms with van der Waals surface area (Å²) in [4.78, 5) is 10.6. The van der Waals surface area contributed by atoms with Crippen LogP contribution in [0.25, 0.3) is 0 Å². The number of unbranched alkanes of at least 4 members (excludes halogenated alkanes) is 1. The number of nitrogens with one attached hydrogen (secondary N) is 1. The lowest BCUT2D eigenvalue weighted by Gasteiger charge is -2.27. The van der Waals surface area contributed by atoms with Gasteiger partial charge in [0, 0.05) is 0 Å². The minimum Gasteiger partial charge on any atom is -0.480 e. The molecule has 2 N–H and O–H groups in total. The molecule has 0 radical (unpaired) electrons. The average molecular weight is 185 g/mol. The topological polar surface area (TPSA) is 49.3 Å². The molecule has 0 amide bonds. The molecule has 1 heterocycles. The molecule has 3 nitrogen and oxygen atoms in total. The molecule has 1 aliphatic heterocycles. The van der Waals surface area contributed by atoms with Crippen molar-refractivity contribution in [1.82, 2.24) is 5.32 Å². The minimum absolute atomic E-state index is 0.294. The molecule has 1 saturated heterocycles. The Balaban J connectivity index is 2.18. The second kappa shape index (κ2) is 5.22. The summed E-state index contributed by atoms with van der Waals surface area (Å²) in [5.41, 5.74) is 0. The van der Waals surface area contributed by atoms with Crippen molar-refractivity contribution in [3.05, 3.63) is 0 Å². The number of carboxylic acid groups (broad SMARTS) is 1. The number of hydrogen-bond donors (Lipinski definition) is 2. The predicted molar refractivity (Wildman–Crippen MR) is 51.7 cm³/mol. The van der Waals surface area contributed by atoms with Gasteiger partial charge in [-0.2, -0.15) is 0 Å². The van der Waals surface area contributed by atoms with Crippen molar-refractivity contribution in [3.8, 4) is 0 Å². The van der Waals surface area contributed by atoms with E-state index in [1.165, 1.54) is 19.3 Å². The fraction of sp³-hybridized carbons (Fsp3) is 0.900. The fourth-order valence-electron chi connectivity index (χ4n) is 1.87. The zero-order valence-corrected chi connectivity index (χ0v) is 8.25. The molecule has 0 aromatic rings. The summed E-state index contributed by atoms with van der Waals surface area (Å²) in [6.45, 7) is 3.08. The third-order valence-electron chi connectivity index (χ3n) is 2.78. The van der Waals surface area contributed by atoms with E-state index in [-0.39, 0.29) is 6.04 Å². The van der Waals surface area contributed by atoms with Gasteiger partial charge < -0.3 is 10.4 Å². The highest BCUT2D eigenvalue weighted by atomic mass is 16.4. The van der Waals surface area contributed by atoms with Gasteiger partial charge >= 0.3 is 5.97 Å². The fourth-order valence-corrected chi connectivity index (χ4v) is 1.87. The van der Waals surface area contributed by atoms with Crippen LogP contribution in [0.15, 0.2) is 0 Å². The Hall–Kier alpha value is -0.570. The van der Waals surface area contributed by atoms with E-state index >= 15 is 0 Å². The zero-order chi connectivity index (χ0) is 9.68. The van der Waals surface area contributed by atoms with Crippen LogP contribution in [0.1, 0.15) is 39.0 Å². The third kappa shape index (κ3) is 3.35. The van der Waals surface area contributed by atoms with Gasteiger partial charge in [0.25, 0.3) is 0 Å². The number of piperidine rings is 1. The summed E-state index contributed by atoms with van der Waals surface area (Å²) in [6.07, 6.45) is 5.62. The van der Waals surface area contributed by atoms with Gasteiger partial charge in [0.15, 0.2) is 0 Å². The number of aliphatic carboxylic acids is 1. The lowest BCUT2D eigenvalue weighted by molar-refractivity contribution is -0.140. The maximum atomic E-state index is 10.6. The number of carboxylic acids is 1. The normalized spacial score (nSPS) is 28.7. The van der Waals surface area contributed by atoms with Crippen LogP contribution in [0.5, 0.6) is 0 Å². The molecule has 1 rings (SSSR count). The van der Waals surface area contributed by atoms with E-state index in [0.717, 1.165) is 19.4 Å². The largest absolute Gasteiger partial charge is 0.480 e. The van der Waals surface area contributed by atoms with Crippen molar-refractivity contribution in [1.29, 1.82) is 0 Å². The van der Waals surface area contributed by atoms with Gasteiger partial charge in [-0.25, -0.2) is 0 Å². The van der Waals surface area contributed by atoms with Gasteiger partial charge in [0.2, 0.25) is 0 Å². The molecule has 0 aromatic carbocycles. The summed E-state index contributed by atoms with van der Waals surface area (Å²) in [5.74, 6) is 0.00416. The van der Waals surface area contributed by atoms with Crippen molar-refractivity contribution < 1.29 is 9.90 Å². The highest BCUT2D eigenvalue weighted by Crippen LogP contribution is 2.19. The Bertz CT molecular complexity index is 162. The summed E-state index contributed by atoms with van der Waals surface area (Å²) >= 11 is 0. The van der Waals surface area contributed by atoms with Crippen LogP contribution in [-0.2, 0) is 4.79 Å². The zero-order valence-electron chi connectivity index (χ0n) is 8.25. The number of rotatable bonds is 4. The molecular formula is C10H19NO2. The van der Waals surface area contributed by atoms with Gasteiger partial charge in [0.1, 0.15) is 6.04 Å². The Morgan fingerprint density at radius 3 is 2.77 bits per heavy atom. The van der Waals surface area contributed by atoms with Gasteiger partial charge in [-0.15, -0.1) is 0 Å². The molecule has 0 spiro atoms. The SMILES string of the molecule is CCCC[C@H]1CC[C@H](C(=O)O)NC1. The summed E-state index contributed by atoms with van der Waals surface area (Å²) < 4.78 is 0. The molecule has 76 valence electrons. The number of carbonyl (C=O) groups is 1. The van der Waals surface area contributed by atoms with Crippen molar-refractivity contribution in [3.63, 3.8) is 0 Å². The quantitative estimate of drug-likeness (QED) is 0.700. The van der Waals surface area contributed by atoms with Crippen molar-refractivity contribution in [2.45, 2.75) is 45.1 Å². The van der Waals surface area contributed by atoms with Gasteiger partial charge in [-0.05, 0) is 31.7 Å². The molecule has 1 aliphatic rings. The Kier molecular flexibility index (Phi) is 4.22. The van der Waals surface area contributed by atoms with Crippen molar-refractivity contribution in [2.75, 3.05) is 6.54 Å². The molecule has 2 atom stereocenters. The van der Waals surface area contributed by atoms with Gasteiger partial charge in [-0.1, -0.05) is 19.8 Å². The van der Waals surface area contributed by atoms with E-state index in [4.69, 9.17) is 5.11 Å².